The number of fused-ring (bicyclic) bond motifs is 3. The molecule has 1 amide bonds. The minimum atomic E-state index is -0.166. The highest BCUT2D eigenvalue weighted by molar-refractivity contribution is 5.92. The van der Waals surface area contributed by atoms with Gasteiger partial charge in [0, 0.05) is 12.0 Å². The van der Waals surface area contributed by atoms with Crippen molar-refractivity contribution in [3.8, 4) is 0 Å². The summed E-state index contributed by atoms with van der Waals surface area (Å²) in [4.78, 5) is 14.4. The summed E-state index contributed by atoms with van der Waals surface area (Å²) >= 11 is 0. The van der Waals surface area contributed by atoms with Crippen molar-refractivity contribution in [1.82, 2.24) is 0 Å². The molecule has 20 heavy (non-hydrogen) atoms. The zero-order valence-corrected chi connectivity index (χ0v) is 12.3. The summed E-state index contributed by atoms with van der Waals surface area (Å²) in [5.41, 5.74) is 2.40. The monoisotopic (exact) mass is 273 g/mol. The SMILES string of the molecule is CC(C)COC(=O)N1c2ccccc2[C@H]2CCCC[C@@H]21. The van der Waals surface area contributed by atoms with Gasteiger partial charge < -0.3 is 4.74 Å². The van der Waals surface area contributed by atoms with Crippen LogP contribution in [0.2, 0.25) is 0 Å². The summed E-state index contributed by atoms with van der Waals surface area (Å²) < 4.78 is 5.48. The summed E-state index contributed by atoms with van der Waals surface area (Å²) in [5, 5.41) is 0. The number of anilines is 1. The van der Waals surface area contributed by atoms with Gasteiger partial charge in [-0.2, -0.15) is 0 Å². The van der Waals surface area contributed by atoms with Crippen molar-refractivity contribution in [3.05, 3.63) is 29.8 Å². The van der Waals surface area contributed by atoms with E-state index < -0.39 is 0 Å². The Morgan fingerprint density at radius 1 is 1.30 bits per heavy atom. The number of carbonyl (C=O) groups is 1. The zero-order chi connectivity index (χ0) is 14.1. The number of hydrogen-bond donors (Lipinski definition) is 0. The van der Waals surface area contributed by atoms with Crippen LogP contribution in [0.15, 0.2) is 24.3 Å². The van der Waals surface area contributed by atoms with Crippen molar-refractivity contribution in [3.63, 3.8) is 0 Å². The first-order valence-corrected chi connectivity index (χ1v) is 7.73. The number of rotatable bonds is 2. The Balaban J connectivity index is 1.87. The molecule has 0 aromatic heterocycles. The van der Waals surface area contributed by atoms with E-state index in [1.165, 1.54) is 24.8 Å². The van der Waals surface area contributed by atoms with Gasteiger partial charge >= 0.3 is 6.09 Å². The van der Waals surface area contributed by atoms with Crippen molar-refractivity contribution in [2.45, 2.75) is 51.5 Å². The molecular weight excluding hydrogens is 250 g/mol. The molecule has 2 aliphatic rings. The molecule has 1 heterocycles. The minimum absolute atomic E-state index is 0.166. The van der Waals surface area contributed by atoms with E-state index in [0.717, 1.165) is 12.1 Å². The topological polar surface area (TPSA) is 29.5 Å². The highest BCUT2D eigenvalue weighted by Gasteiger charge is 2.43. The highest BCUT2D eigenvalue weighted by atomic mass is 16.6. The molecule has 3 heteroatoms. The van der Waals surface area contributed by atoms with Crippen molar-refractivity contribution in [1.29, 1.82) is 0 Å². The number of nitrogens with zero attached hydrogens (tertiary/aromatic N) is 1. The van der Waals surface area contributed by atoms with Gasteiger partial charge in [0.05, 0.1) is 12.3 Å². The Hall–Kier alpha value is -1.51. The third-order valence-electron chi connectivity index (χ3n) is 4.39. The van der Waals surface area contributed by atoms with E-state index in [4.69, 9.17) is 4.74 Å². The number of benzene rings is 1. The molecular formula is C17H23NO2. The molecule has 108 valence electrons. The Morgan fingerprint density at radius 3 is 2.85 bits per heavy atom. The molecule has 1 aromatic carbocycles. The van der Waals surface area contributed by atoms with Gasteiger partial charge in [-0.1, -0.05) is 44.9 Å². The molecule has 1 fully saturated rings. The molecule has 1 aliphatic heterocycles. The predicted octanol–water partition coefficient (Wildman–Crippen LogP) is 4.33. The first-order chi connectivity index (χ1) is 9.68. The molecule has 0 N–H and O–H groups in total. The summed E-state index contributed by atoms with van der Waals surface area (Å²) in [6.07, 6.45) is 4.60. The number of para-hydroxylation sites is 1. The van der Waals surface area contributed by atoms with Gasteiger partial charge in [0.25, 0.3) is 0 Å². The average Bonchev–Trinajstić information content (AvgIpc) is 2.79. The van der Waals surface area contributed by atoms with E-state index in [0.29, 0.717) is 24.5 Å². The van der Waals surface area contributed by atoms with E-state index in [1.807, 2.05) is 11.0 Å². The van der Waals surface area contributed by atoms with Gasteiger partial charge in [-0.25, -0.2) is 4.79 Å². The standard InChI is InChI=1S/C17H23NO2/c1-12(2)11-20-17(19)18-15-9-5-3-7-13(15)14-8-4-6-10-16(14)18/h3,5,7,9,12,14,16H,4,6,8,10-11H2,1-2H3/t14-,16+/m1/s1. The fourth-order valence-corrected chi connectivity index (χ4v) is 3.52. The van der Waals surface area contributed by atoms with Crippen LogP contribution in [0, 0.1) is 5.92 Å². The average molecular weight is 273 g/mol. The van der Waals surface area contributed by atoms with Crippen LogP contribution in [-0.4, -0.2) is 18.7 Å². The third kappa shape index (κ3) is 2.30. The maximum Gasteiger partial charge on any atom is 0.414 e. The Labute approximate surface area is 120 Å². The normalized spacial score (nSPS) is 24.4. The molecule has 0 bridgehead atoms. The Bertz CT molecular complexity index is 498. The van der Waals surface area contributed by atoms with Gasteiger partial charge in [0.2, 0.25) is 0 Å². The summed E-state index contributed by atoms with van der Waals surface area (Å²) in [6, 6.07) is 8.63. The van der Waals surface area contributed by atoms with Crippen LogP contribution in [0.1, 0.15) is 51.0 Å². The van der Waals surface area contributed by atoms with Gasteiger partial charge in [0.1, 0.15) is 0 Å². The molecule has 0 spiro atoms. The second-order valence-electron chi connectivity index (χ2n) is 6.36. The van der Waals surface area contributed by atoms with Crippen LogP contribution >= 0.6 is 0 Å². The van der Waals surface area contributed by atoms with Crippen molar-refractivity contribution >= 4 is 11.8 Å². The molecule has 1 saturated carbocycles. The van der Waals surface area contributed by atoms with E-state index in [-0.39, 0.29) is 6.09 Å². The predicted molar refractivity (Wildman–Crippen MR) is 80.1 cm³/mol. The lowest BCUT2D eigenvalue weighted by atomic mass is 9.82. The maximum atomic E-state index is 12.5. The molecule has 1 aliphatic carbocycles. The van der Waals surface area contributed by atoms with Crippen LogP contribution < -0.4 is 4.90 Å². The van der Waals surface area contributed by atoms with Gasteiger partial charge in [0.15, 0.2) is 0 Å². The quantitative estimate of drug-likeness (QED) is 0.803. The molecule has 0 saturated heterocycles. The first kappa shape index (κ1) is 13.5. The summed E-state index contributed by atoms with van der Waals surface area (Å²) in [7, 11) is 0. The molecule has 3 nitrogen and oxygen atoms in total. The van der Waals surface area contributed by atoms with Crippen LogP contribution in [-0.2, 0) is 4.74 Å². The van der Waals surface area contributed by atoms with Crippen molar-refractivity contribution < 1.29 is 9.53 Å². The zero-order valence-electron chi connectivity index (χ0n) is 12.3. The number of carbonyl (C=O) groups excluding carboxylic acids is 1. The molecule has 0 unspecified atom stereocenters. The van der Waals surface area contributed by atoms with E-state index >= 15 is 0 Å². The van der Waals surface area contributed by atoms with Gasteiger partial charge in [-0.15, -0.1) is 0 Å². The summed E-state index contributed by atoms with van der Waals surface area (Å²) in [5.74, 6) is 0.880. The lowest BCUT2D eigenvalue weighted by Gasteiger charge is -2.31. The molecule has 0 radical (unpaired) electrons. The van der Waals surface area contributed by atoms with Gasteiger partial charge in [-0.05, 0) is 30.4 Å². The van der Waals surface area contributed by atoms with Crippen LogP contribution in [0.5, 0.6) is 0 Å². The lowest BCUT2D eigenvalue weighted by Crippen LogP contribution is -2.41. The molecule has 2 atom stereocenters. The highest BCUT2D eigenvalue weighted by Crippen LogP contribution is 2.47. The maximum absolute atomic E-state index is 12.5. The third-order valence-corrected chi connectivity index (χ3v) is 4.39. The second-order valence-corrected chi connectivity index (χ2v) is 6.36. The fraction of sp³-hybridized carbons (Fsp3) is 0.588. The van der Waals surface area contributed by atoms with Crippen LogP contribution in [0.4, 0.5) is 10.5 Å². The van der Waals surface area contributed by atoms with Crippen LogP contribution in [0.25, 0.3) is 0 Å². The first-order valence-electron chi connectivity index (χ1n) is 7.73. The summed E-state index contributed by atoms with van der Waals surface area (Å²) in [6.45, 7) is 4.62. The second kappa shape index (κ2) is 5.47. The molecule has 1 aromatic rings. The Morgan fingerprint density at radius 2 is 2.05 bits per heavy atom. The Kier molecular flexibility index (Phi) is 3.68. The van der Waals surface area contributed by atoms with E-state index in [1.54, 1.807) is 0 Å². The lowest BCUT2D eigenvalue weighted by molar-refractivity contribution is 0.136. The van der Waals surface area contributed by atoms with Gasteiger partial charge in [-0.3, -0.25) is 4.90 Å². The largest absolute Gasteiger partial charge is 0.449 e. The minimum Gasteiger partial charge on any atom is -0.449 e. The smallest absolute Gasteiger partial charge is 0.414 e. The fourth-order valence-electron chi connectivity index (χ4n) is 3.52. The number of amides is 1. The number of hydrogen-bond acceptors (Lipinski definition) is 2. The number of ether oxygens (including phenoxy) is 1. The van der Waals surface area contributed by atoms with E-state index in [9.17, 15) is 4.79 Å². The van der Waals surface area contributed by atoms with Crippen molar-refractivity contribution in [2.75, 3.05) is 11.5 Å². The van der Waals surface area contributed by atoms with E-state index in [2.05, 4.69) is 32.0 Å². The van der Waals surface area contributed by atoms with Crippen molar-refractivity contribution in [2.24, 2.45) is 5.92 Å². The van der Waals surface area contributed by atoms with Crippen LogP contribution in [0.3, 0.4) is 0 Å². The molecule has 3 rings (SSSR count).